The zero-order chi connectivity index (χ0) is 10.8. The minimum Gasteiger partial charge on any atom is -0.345 e. The first-order chi connectivity index (χ1) is 7.22. The first-order valence-corrected chi connectivity index (χ1v) is 4.82. The number of aromatic amines is 1. The maximum atomic E-state index is 11.5. The fourth-order valence-corrected chi connectivity index (χ4v) is 1.42. The van der Waals surface area contributed by atoms with Crippen LogP contribution in [0.25, 0.3) is 11.0 Å². The van der Waals surface area contributed by atoms with Gasteiger partial charge in [0, 0.05) is 5.56 Å². The average Bonchev–Trinajstić information content (AvgIpc) is 2.73. The molecule has 0 spiro atoms. The van der Waals surface area contributed by atoms with Crippen LogP contribution in [-0.2, 0) is 4.79 Å². The minimum atomic E-state index is -0.601. The minimum absolute atomic E-state index is 0.292. The Kier molecular flexibility index (Phi) is 2.51. The summed E-state index contributed by atoms with van der Waals surface area (Å²) < 4.78 is 0. The Morgan fingerprint density at radius 2 is 2.20 bits per heavy atom. The lowest BCUT2D eigenvalue weighted by Crippen LogP contribution is -2.15. The van der Waals surface area contributed by atoms with Gasteiger partial charge in [-0.2, -0.15) is 0 Å². The number of hydrogen-bond donors (Lipinski definition) is 1. The van der Waals surface area contributed by atoms with E-state index in [1.165, 1.54) is 6.33 Å². The number of rotatable bonds is 3. The van der Waals surface area contributed by atoms with Gasteiger partial charge < -0.3 is 4.98 Å². The van der Waals surface area contributed by atoms with E-state index in [1.807, 2.05) is 0 Å². The van der Waals surface area contributed by atoms with Gasteiger partial charge in [0.2, 0.25) is 11.6 Å². The van der Waals surface area contributed by atoms with Gasteiger partial charge in [-0.25, -0.2) is 4.98 Å². The summed E-state index contributed by atoms with van der Waals surface area (Å²) in [6.07, 6.45) is 1.53. The number of halogens is 1. The molecule has 15 heavy (non-hydrogen) atoms. The predicted molar refractivity (Wildman–Crippen MR) is 56.2 cm³/mol. The molecule has 0 atom stereocenters. The van der Waals surface area contributed by atoms with Crippen molar-refractivity contribution in [2.75, 3.05) is 5.88 Å². The molecule has 1 heterocycles. The third-order valence-corrected chi connectivity index (χ3v) is 2.30. The van der Waals surface area contributed by atoms with Crippen molar-refractivity contribution < 1.29 is 9.59 Å². The lowest BCUT2D eigenvalue weighted by Gasteiger charge is -1.97. The molecule has 1 aromatic carbocycles. The van der Waals surface area contributed by atoms with Crippen molar-refractivity contribution in [3.05, 3.63) is 30.1 Å². The second-order valence-electron chi connectivity index (χ2n) is 3.02. The van der Waals surface area contributed by atoms with Gasteiger partial charge in [-0.05, 0) is 18.2 Å². The van der Waals surface area contributed by atoms with Crippen LogP contribution in [0.3, 0.4) is 0 Å². The molecule has 1 N–H and O–H groups in total. The van der Waals surface area contributed by atoms with Crippen LogP contribution in [0.5, 0.6) is 0 Å². The molecule has 0 unspecified atom stereocenters. The number of Topliss-reactive ketones (excluding diaryl/α,β-unsaturated/α-hetero) is 2. The van der Waals surface area contributed by atoms with Gasteiger partial charge >= 0.3 is 0 Å². The van der Waals surface area contributed by atoms with Crippen LogP contribution in [-0.4, -0.2) is 27.4 Å². The smallest absolute Gasteiger partial charge is 0.229 e. The number of benzene rings is 1. The highest BCUT2D eigenvalue weighted by Gasteiger charge is 2.15. The summed E-state index contributed by atoms with van der Waals surface area (Å²) in [5.74, 6) is -1.46. The number of nitrogens with one attached hydrogen (secondary N) is 1. The summed E-state index contributed by atoms with van der Waals surface area (Å²) >= 11 is 5.30. The molecule has 1 aromatic heterocycles. The number of nitrogens with zero attached hydrogens (tertiary/aromatic N) is 1. The van der Waals surface area contributed by atoms with Gasteiger partial charge in [-0.1, -0.05) is 0 Å². The normalized spacial score (nSPS) is 10.5. The van der Waals surface area contributed by atoms with Crippen LogP contribution in [0.15, 0.2) is 24.5 Å². The number of ketones is 2. The summed E-state index contributed by atoms with van der Waals surface area (Å²) in [7, 11) is 0. The molecule has 0 amide bonds. The molecular weight excluding hydrogens is 216 g/mol. The van der Waals surface area contributed by atoms with Crippen molar-refractivity contribution >= 4 is 34.2 Å². The van der Waals surface area contributed by atoms with E-state index in [0.717, 1.165) is 11.0 Å². The van der Waals surface area contributed by atoms with E-state index >= 15 is 0 Å². The van der Waals surface area contributed by atoms with E-state index in [9.17, 15) is 9.59 Å². The number of fused-ring (bicyclic) bond motifs is 1. The molecule has 2 rings (SSSR count). The molecule has 0 bridgehead atoms. The number of H-pyrrole nitrogens is 1. The van der Waals surface area contributed by atoms with Gasteiger partial charge in [-0.3, -0.25) is 9.59 Å². The van der Waals surface area contributed by atoms with E-state index in [2.05, 4.69) is 9.97 Å². The van der Waals surface area contributed by atoms with Crippen molar-refractivity contribution in [2.45, 2.75) is 0 Å². The number of hydrogen-bond acceptors (Lipinski definition) is 3. The summed E-state index contributed by atoms with van der Waals surface area (Å²) in [6.45, 7) is 0. The van der Waals surface area contributed by atoms with Crippen LogP contribution >= 0.6 is 11.6 Å². The van der Waals surface area contributed by atoms with Gasteiger partial charge in [0.25, 0.3) is 0 Å². The Balaban J connectivity index is 2.44. The summed E-state index contributed by atoms with van der Waals surface area (Å²) in [6, 6.07) is 4.84. The van der Waals surface area contributed by atoms with Crippen molar-refractivity contribution in [1.29, 1.82) is 0 Å². The number of imidazole rings is 1. The number of alkyl halides is 1. The van der Waals surface area contributed by atoms with E-state index in [4.69, 9.17) is 11.6 Å². The average molecular weight is 223 g/mol. The lowest BCUT2D eigenvalue weighted by atomic mass is 10.1. The third-order valence-electron chi connectivity index (χ3n) is 2.06. The monoisotopic (exact) mass is 222 g/mol. The summed E-state index contributed by atoms with van der Waals surface area (Å²) in [5.41, 5.74) is 1.81. The molecular formula is C10H7ClN2O2. The number of carbonyl (C=O) groups excluding carboxylic acids is 2. The van der Waals surface area contributed by atoms with Crippen LogP contribution in [0.2, 0.25) is 0 Å². The number of aromatic nitrogens is 2. The fraction of sp³-hybridized carbons (Fsp3) is 0.100. The topological polar surface area (TPSA) is 62.8 Å². The quantitative estimate of drug-likeness (QED) is 0.487. The van der Waals surface area contributed by atoms with E-state index in [0.29, 0.717) is 5.56 Å². The van der Waals surface area contributed by atoms with Gasteiger partial charge in [-0.15, -0.1) is 11.6 Å². The molecule has 0 aliphatic heterocycles. The summed E-state index contributed by atoms with van der Waals surface area (Å²) in [5, 5.41) is 0. The maximum Gasteiger partial charge on any atom is 0.229 e. The molecule has 0 radical (unpaired) electrons. The highest BCUT2D eigenvalue weighted by Crippen LogP contribution is 2.12. The molecule has 2 aromatic rings. The second-order valence-corrected chi connectivity index (χ2v) is 3.29. The van der Waals surface area contributed by atoms with Crippen molar-refractivity contribution in [3.8, 4) is 0 Å². The lowest BCUT2D eigenvalue weighted by molar-refractivity contribution is -0.112. The van der Waals surface area contributed by atoms with Crippen LogP contribution in [0, 0.1) is 0 Å². The first kappa shape index (κ1) is 9.86. The zero-order valence-corrected chi connectivity index (χ0v) is 8.41. The zero-order valence-electron chi connectivity index (χ0n) is 7.66. The van der Waals surface area contributed by atoms with Crippen LogP contribution < -0.4 is 0 Å². The highest BCUT2D eigenvalue weighted by atomic mass is 35.5. The molecule has 4 nitrogen and oxygen atoms in total. The van der Waals surface area contributed by atoms with E-state index < -0.39 is 11.6 Å². The van der Waals surface area contributed by atoms with Gasteiger partial charge in [0.05, 0.1) is 23.2 Å². The maximum absolute atomic E-state index is 11.5. The largest absolute Gasteiger partial charge is 0.345 e. The molecule has 0 aliphatic carbocycles. The summed E-state index contributed by atoms with van der Waals surface area (Å²) in [4.78, 5) is 29.4. The van der Waals surface area contributed by atoms with Crippen molar-refractivity contribution in [2.24, 2.45) is 0 Å². The second kappa shape index (κ2) is 3.82. The Hall–Kier alpha value is -1.68. The highest BCUT2D eigenvalue weighted by molar-refractivity contribution is 6.51. The molecule has 0 fully saturated rings. The molecule has 0 saturated heterocycles. The number of carbonyl (C=O) groups is 2. The molecule has 0 aliphatic rings. The van der Waals surface area contributed by atoms with Crippen molar-refractivity contribution in [3.63, 3.8) is 0 Å². The van der Waals surface area contributed by atoms with E-state index in [1.54, 1.807) is 18.2 Å². The van der Waals surface area contributed by atoms with Gasteiger partial charge in [0.15, 0.2) is 0 Å². The Labute approximate surface area is 90.3 Å². The SMILES string of the molecule is O=C(CCl)C(=O)c1ccc2nc[nH]c2c1. The van der Waals surface area contributed by atoms with Crippen LogP contribution in [0.1, 0.15) is 10.4 Å². The van der Waals surface area contributed by atoms with E-state index in [-0.39, 0.29) is 5.88 Å². The molecule has 5 heteroatoms. The Morgan fingerprint density at radius 3 is 2.93 bits per heavy atom. The van der Waals surface area contributed by atoms with Crippen LogP contribution in [0.4, 0.5) is 0 Å². The Morgan fingerprint density at radius 1 is 1.40 bits per heavy atom. The molecule has 76 valence electrons. The predicted octanol–water partition coefficient (Wildman–Crippen LogP) is 1.55. The Bertz CT molecular complexity index is 533. The molecule has 0 saturated carbocycles. The van der Waals surface area contributed by atoms with Gasteiger partial charge in [0.1, 0.15) is 0 Å². The third kappa shape index (κ3) is 1.76. The fourth-order valence-electron chi connectivity index (χ4n) is 1.30. The van der Waals surface area contributed by atoms with Crippen molar-refractivity contribution in [1.82, 2.24) is 9.97 Å². The first-order valence-electron chi connectivity index (χ1n) is 4.29. The standard InChI is InChI=1S/C10H7ClN2O2/c11-4-9(14)10(15)6-1-2-7-8(3-6)13-5-12-7/h1-3,5H,4H2,(H,12,13).